The number of sulfone groups is 1. The molecule has 3 aromatic carbocycles. The molecule has 152 valence electrons. The second-order valence-electron chi connectivity index (χ2n) is 6.25. The van der Waals surface area contributed by atoms with Crippen LogP contribution in [-0.4, -0.2) is 13.4 Å². The molecule has 0 radical (unpaired) electrons. The largest absolute Gasteiger partial charge is 0.419 e. The predicted molar refractivity (Wildman–Crippen MR) is 116 cm³/mol. The Balaban J connectivity index is 1.83. The second kappa shape index (κ2) is 8.22. The Labute approximate surface area is 185 Å². The van der Waals surface area contributed by atoms with Gasteiger partial charge in [-0.15, -0.1) is 0 Å². The summed E-state index contributed by atoms with van der Waals surface area (Å²) in [5.41, 5.74) is 1.04. The van der Waals surface area contributed by atoms with E-state index in [1.54, 1.807) is 24.3 Å². The van der Waals surface area contributed by atoms with Crippen LogP contribution >= 0.6 is 27.5 Å². The number of benzene rings is 3. The minimum absolute atomic E-state index is 0.0183. The molecular formula is C21H13BrClFN2O3S. The van der Waals surface area contributed by atoms with Crippen molar-refractivity contribution in [1.29, 1.82) is 0 Å². The molecule has 0 atom stereocenters. The van der Waals surface area contributed by atoms with E-state index in [0.29, 0.717) is 16.3 Å². The van der Waals surface area contributed by atoms with Gasteiger partial charge in [0.2, 0.25) is 26.6 Å². The number of nitrogens with zero attached hydrogens (tertiary/aromatic N) is 1. The Hall–Kier alpha value is -2.68. The molecule has 4 aromatic rings. The molecule has 1 N–H and O–H groups in total. The van der Waals surface area contributed by atoms with Crippen LogP contribution in [0.25, 0.3) is 11.5 Å². The van der Waals surface area contributed by atoms with Gasteiger partial charge in [0.25, 0.3) is 0 Å². The zero-order valence-corrected chi connectivity index (χ0v) is 18.3. The fourth-order valence-corrected chi connectivity index (χ4v) is 4.32. The number of rotatable bonds is 5. The molecule has 0 amide bonds. The van der Waals surface area contributed by atoms with Crippen LogP contribution in [0.4, 0.5) is 16.0 Å². The molecule has 0 aliphatic heterocycles. The molecule has 0 saturated heterocycles. The highest BCUT2D eigenvalue weighted by Gasteiger charge is 2.28. The molecular weight excluding hydrogens is 495 g/mol. The third-order valence-corrected chi connectivity index (χ3v) is 6.63. The monoisotopic (exact) mass is 506 g/mol. The summed E-state index contributed by atoms with van der Waals surface area (Å²) >= 11 is 9.24. The SMILES string of the molecule is O=S(=O)(c1ccc(Cl)cc1)c1nc(-c2ccc(Br)cc2)oc1Nc1ccc(F)cc1. The van der Waals surface area contributed by atoms with E-state index in [0.717, 1.165) is 4.47 Å². The minimum atomic E-state index is -4.02. The maximum Gasteiger partial charge on any atom is 0.238 e. The summed E-state index contributed by atoms with van der Waals surface area (Å²) in [6, 6.07) is 18.3. The van der Waals surface area contributed by atoms with E-state index in [2.05, 4.69) is 26.2 Å². The highest BCUT2D eigenvalue weighted by atomic mass is 79.9. The quantitative estimate of drug-likeness (QED) is 0.335. The molecule has 1 heterocycles. The molecule has 0 unspecified atom stereocenters. The molecule has 9 heteroatoms. The van der Waals surface area contributed by atoms with E-state index < -0.39 is 15.7 Å². The smallest absolute Gasteiger partial charge is 0.238 e. The van der Waals surface area contributed by atoms with Gasteiger partial charge < -0.3 is 9.73 Å². The number of halogens is 3. The highest BCUT2D eigenvalue weighted by molar-refractivity contribution is 9.10. The van der Waals surface area contributed by atoms with Crippen LogP contribution in [0.3, 0.4) is 0 Å². The van der Waals surface area contributed by atoms with Gasteiger partial charge >= 0.3 is 0 Å². The summed E-state index contributed by atoms with van der Waals surface area (Å²) in [5.74, 6) is -0.364. The Morgan fingerprint density at radius 3 is 2.20 bits per heavy atom. The van der Waals surface area contributed by atoms with E-state index >= 15 is 0 Å². The Bertz CT molecular complexity index is 1290. The van der Waals surface area contributed by atoms with Crippen LogP contribution in [0.1, 0.15) is 0 Å². The first-order chi connectivity index (χ1) is 14.3. The zero-order valence-electron chi connectivity index (χ0n) is 15.1. The normalized spacial score (nSPS) is 11.4. The van der Waals surface area contributed by atoms with Gasteiger partial charge in [0, 0.05) is 20.7 Å². The Morgan fingerprint density at radius 2 is 1.57 bits per heavy atom. The van der Waals surface area contributed by atoms with Crippen molar-refractivity contribution < 1.29 is 17.2 Å². The van der Waals surface area contributed by atoms with Crippen molar-refractivity contribution in [2.75, 3.05) is 5.32 Å². The van der Waals surface area contributed by atoms with Crippen molar-refractivity contribution in [3.05, 3.63) is 88.1 Å². The van der Waals surface area contributed by atoms with Gasteiger partial charge in [-0.2, -0.15) is 4.98 Å². The lowest BCUT2D eigenvalue weighted by atomic mass is 10.2. The van der Waals surface area contributed by atoms with E-state index in [-0.39, 0.29) is 21.7 Å². The van der Waals surface area contributed by atoms with E-state index in [4.69, 9.17) is 16.0 Å². The van der Waals surface area contributed by atoms with Crippen LogP contribution in [0, 0.1) is 5.82 Å². The van der Waals surface area contributed by atoms with E-state index in [1.165, 1.54) is 48.5 Å². The molecule has 0 aliphatic carbocycles. The lowest BCUT2D eigenvalue weighted by Gasteiger charge is -2.06. The molecule has 30 heavy (non-hydrogen) atoms. The lowest BCUT2D eigenvalue weighted by molar-refractivity contribution is 0.581. The Kier molecular flexibility index (Phi) is 5.64. The van der Waals surface area contributed by atoms with Crippen molar-refractivity contribution >= 4 is 48.9 Å². The average Bonchev–Trinajstić information content (AvgIpc) is 3.15. The Morgan fingerprint density at radius 1 is 0.933 bits per heavy atom. The second-order valence-corrected chi connectivity index (χ2v) is 9.47. The summed E-state index contributed by atoms with van der Waals surface area (Å²) in [4.78, 5) is 4.27. The van der Waals surface area contributed by atoms with Gasteiger partial charge in [0.1, 0.15) is 5.82 Å². The van der Waals surface area contributed by atoms with Crippen LogP contribution in [0.2, 0.25) is 5.02 Å². The molecule has 5 nitrogen and oxygen atoms in total. The van der Waals surface area contributed by atoms with Crippen molar-refractivity contribution in [2.45, 2.75) is 9.92 Å². The summed E-state index contributed by atoms with van der Waals surface area (Å²) in [7, 11) is -4.02. The van der Waals surface area contributed by atoms with Crippen molar-refractivity contribution in [1.82, 2.24) is 4.98 Å². The summed E-state index contributed by atoms with van der Waals surface area (Å²) in [5, 5.41) is 3.00. The molecule has 0 aliphatic rings. The number of aromatic nitrogens is 1. The molecule has 0 bridgehead atoms. The van der Waals surface area contributed by atoms with Crippen LogP contribution in [0.5, 0.6) is 0 Å². The average molecular weight is 508 g/mol. The first-order valence-corrected chi connectivity index (χ1v) is 11.3. The van der Waals surface area contributed by atoms with Crippen LogP contribution in [0.15, 0.2) is 91.6 Å². The highest BCUT2D eigenvalue weighted by Crippen LogP contribution is 2.34. The third-order valence-electron chi connectivity index (χ3n) is 4.17. The van der Waals surface area contributed by atoms with Gasteiger partial charge in [0.15, 0.2) is 0 Å². The van der Waals surface area contributed by atoms with Crippen LogP contribution < -0.4 is 5.32 Å². The maximum atomic E-state index is 13.2. The van der Waals surface area contributed by atoms with Gasteiger partial charge in [-0.25, -0.2) is 12.8 Å². The standard InChI is InChI=1S/C21H13BrClFN2O3S/c22-14-3-1-13(2-4-14)19-26-21(30(27,28)18-11-5-15(23)6-12-18)20(29-19)25-17-9-7-16(24)8-10-17/h1-12,25H. The van der Waals surface area contributed by atoms with Gasteiger partial charge in [-0.3, -0.25) is 0 Å². The van der Waals surface area contributed by atoms with Crippen LogP contribution in [-0.2, 0) is 9.84 Å². The van der Waals surface area contributed by atoms with Gasteiger partial charge in [-0.1, -0.05) is 27.5 Å². The molecule has 0 saturated carbocycles. The number of hydrogen-bond donors (Lipinski definition) is 1. The fraction of sp³-hybridized carbons (Fsp3) is 0. The number of hydrogen-bond acceptors (Lipinski definition) is 5. The number of nitrogens with one attached hydrogen (secondary N) is 1. The van der Waals surface area contributed by atoms with Gasteiger partial charge in [-0.05, 0) is 72.8 Å². The predicted octanol–water partition coefficient (Wildman–Crippen LogP) is 6.47. The van der Waals surface area contributed by atoms with E-state index in [9.17, 15) is 12.8 Å². The van der Waals surface area contributed by atoms with Crippen molar-refractivity contribution in [2.24, 2.45) is 0 Å². The molecule has 0 fully saturated rings. The summed E-state index contributed by atoms with van der Waals surface area (Å²) < 4.78 is 46.3. The molecule has 4 rings (SSSR count). The fourth-order valence-electron chi connectivity index (χ4n) is 2.67. The van der Waals surface area contributed by atoms with E-state index in [1.807, 2.05) is 0 Å². The summed E-state index contributed by atoms with van der Waals surface area (Å²) in [6.45, 7) is 0. The van der Waals surface area contributed by atoms with Crippen molar-refractivity contribution in [3.63, 3.8) is 0 Å². The minimum Gasteiger partial charge on any atom is -0.419 e. The molecule has 1 aromatic heterocycles. The number of anilines is 2. The van der Waals surface area contributed by atoms with Gasteiger partial charge in [0.05, 0.1) is 4.90 Å². The first-order valence-electron chi connectivity index (χ1n) is 8.63. The first kappa shape index (κ1) is 20.6. The zero-order chi connectivity index (χ0) is 21.3. The summed E-state index contributed by atoms with van der Waals surface area (Å²) in [6.07, 6.45) is 0. The number of oxazole rings is 1. The maximum absolute atomic E-state index is 13.2. The topological polar surface area (TPSA) is 72.2 Å². The lowest BCUT2D eigenvalue weighted by Crippen LogP contribution is -2.05. The third kappa shape index (κ3) is 4.26. The molecule has 0 spiro atoms. The van der Waals surface area contributed by atoms with Crippen molar-refractivity contribution in [3.8, 4) is 11.5 Å².